The van der Waals surface area contributed by atoms with Crippen LogP contribution in [0.25, 0.3) is 0 Å². The van der Waals surface area contributed by atoms with Gasteiger partial charge in [0, 0.05) is 8.65 Å². The molecule has 5 nitrogen and oxygen atoms in total. The lowest BCUT2D eigenvalue weighted by Gasteiger charge is -2.23. The third-order valence-electron chi connectivity index (χ3n) is 7.27. The summed E-state index contributed by atoms with van der Waals surface area (Å²) in [6, 6.07) is 0. The summed E-state index contributed by atoms with van der Waals surface area (Å²) in [5.74, 6) is 0. The third kappa shape index (κ3) is 26.0. The Bertz CT molecular complexity index is 506. The van der Waals surface area contributed by atoms with E-state index in [1.54, 1.807) is 0 Å². The highest BCUT2D eigenvalue weighted by atomic mass is 79.9. The molecular formula is C30H61Br2O5P. The molecule has 0 rings (SSSR count). The van der Waals surface area contributed by atoms with Crippen LogP contribution in [0.1, 0.15) is 156 Å². The van der Waals surface area contributed by atoms with Gasteiger partial charge in [0.15, 0.2) is 0 Å². The topological polar surface area (TPSA) is 76.0 Å². The van der Waals surface area contributed by atoms with Crippen molar-refractivity contribution in [2.24, 2.45) is 0 Å². The van der Waals surface area contributed by atoms with Crippen LogP contribution in [0, 0.1) is 0 Å². The van der Waals surface area contributed by atoms with Crippen LogP contribution in [-0.4, -0.2) is 44.3 Å². The van der Waals surface area contributed by atoms with Gasteiger partial charge >= 0.3 is 8.25 Å². The minimum atomic E-state index is -2.33. The fourth-order valence-corrected chi connectivity index (χ4v) is 5.56. The molecule has 0 spiro atoms. The minimum Gasteiger partial charge on any atom is -0.392 e. The third-order valence-corrected chi connectivity index (χ3v) is 9.21. The standard InChI is InChI=1S/C30H61Br2O5P/c1-29(2,31)27(33)23-19-15-11-7-5-9-13-17-21-25-36-38(35)37-26-22-18-14-10-6-8-12-16-20-24-28(34)30(3,4)32/h27-28,33-34,38H,5-26H2,1-4H3. The molecule has 2 atom stereocenters. The smallest absolute Gasteiger partial charge is 0.319 e. The molecule has 0 heterocycles. The Morgan fingerprint density at radius 1 is 0.526 bits per heavy atom. The molecule has 0 saturated carbocycles. The van der Waals surface area contributed by atoms with Gasteiger partial charge in [-0.1, -0.05) is 135 Å². The Balaban J connectivity index is 3.29. The monoisotopic (exact) mass is 690 g/mol. The molecule has 2 N–H and O–H groups in total. The fraction of sp³-hybridized carbons (Fsp3) is 1.00. The summed E-state index contributed by atoms with van der Waals surface area (Å²) < 4.78 is 22.2. The van der Waals surface area contributed by atoms with Crippen LogP contribution in [0.15, 0.2) is 0 Å². The van der Waals surface area contributed by atoms with Crippen LogP contribution in [0.2, 0.25) is 0 Å². The quantitative estimate of drug-likeness (QED) is 0.0485. The average molecular weight is 693 g/mol. The van der Waals surface area contributed by atoms with Crippen molar-refractivity contribution in [3.05, 3.63) is 0 Å². The molecule has 0 aromatic carbocycles. The molecule has 0 bridgehead atoms. The molecule has 230 valence electrons. The largest absolute Gasteiger partial charge is 0.392 e. The zero-order valence-electron chi connectivity index (χ0n) is 25.1. The van der Waals surface area contributed by atoms with Crippen LogP contribution in [0.3, 0.4) is 0 Å². The SMILES string of the molecule is CC(C)(Br)C(O)CCCCCCCCCCCO[PH](=O)OCCCCCCCCCCCC(O)C(C)(C)Br. The molecular weight excluding hydrogens is 631 g/mol. The van der Waals surface area contributed by atoms with E-state index in [4.69, 9.17) is 9.05 Å². The summed E-state index contributed by atoms with van der Waals surface area (Å²) in [5, 5.41) is 20.0. The maximum Gasteiger partial charge on any atom is 0.319 e. The maximum absolute atomic E-state index is 11.9. The van der Waals surface area contributed by atoms with Crippen LogP contribution in [0.4, 0.5) is 0 Å². The fourth-order valence-electron chi connectivity index (χ4n) is 4.39. The number of hydrogen-bond acceptors (Lipinski definition) is 5. The first-order chi connectivity index (χ1) is 17.9. The highest BCUT2D eigenvalue weighted by Gasteiger charge is 2.24. The van der Waals surface area contributed by atoms with Crippen molar-refractivity contribution in [1.82, 2.24) is 0 Å². The van der Waals surface area contributed by atoms with E-state index in [1.165, 1.54) is 77.0 Å². The van der Waals surface area contributed by atoms with Gasteiger partial charge in [0.2, 0.25) is 0 Å². The molecule has 0 aliphatic heterocycles. The van der Waals surface area contributed by atoms with Crippen molar-refractivity contribution in [2.45, 2.75) is 177 Å². The second-order valence-electron chi connectivity index (χ2n) is 12.0. The second-order valence-corrected chi connectivity index (χ2v) is 17.2. The molecule has 0 amide bonds. The molecule has 0 fully saturated rings. The molecule has 0 radical (unpaired) electrons. The van der Waals surface area contributed by atoms with E-state index in [2.05, 4.69) is 31.9 Å². The van der Waals surface area contributed by atoms with Crippen LogP contribution >= 0.6 is 40.1 Å². The highest BCUT2D eigenvalue weighted by molar-refractivity contribution is 9.10. The van der Waals surface area contributed by atoms with Crippen LogP contribution in [-0.2, 0) is 13.6 Å². The first-order valence-electron chi connectivity index (χ1n) is 15.5. The Morgan fingerprint density at radius 2 is 0.763 bits per heavy atom. The lowest BCUT2D eigenvalue weighted by molar-refractivity contribution is 0.131. The molecule has 0 aliphatic carbocycles. The average Bonchev–Trinajstić information content (AvgIpc) is 2.83. The van der Waals surface area contributed by atoms with Crippen molar-refractivity contribution in [1.29, 1.82) is 0 Å². The van der Waals surface area contributed by atoms with Gasteiger partial charge in [-0.05, 0) is 53.4 Å². The Kier molecular flexibility index (Phi) is 25.3. The molecule has 0 aromatic heterocycles. The zero-order valence-corrected chi connectivity index (χ0v) is 29.3. The van der Waals surface area contributed by atoms with Crippen molar-refractivity contribution in [3.8, 4) is 0 Å². The lowest BCUT2D eigenvalue weighted by Crippen LogP contribution is -2.29. The number of rotatable bonds is 28. The first-order valence-corrected chi connectivity index (χ1v) is 18.3. The minimum absolute atomic E-state index is 0.185. The van der Waals surface area contributed by atoms with E-state index >= 15 is 0 Å². The Labute approximate surface area is 253 Å². The number of alkyl halides is 2. The summed E-state index contributed by atoms with van der Waals surface area (Å²) in [5.41, 5.74) is 0. The molecule has 0 aromatic rings. The van der Waals surface area contributed by atoms with Crippen LogP contribution < -0.4 is 0 Å². The maximum atomic E-state index is 11.9. The van der Waals surface area contributed by atoms with Gasteiger partial charge in [0.25, 0.3) is 0 Å². The molecule has 8 heteroatoms. The van der Waals surface area contributed by atoms with Crippen molar-refractivity contribution >= 4 is 40.1 Å². The highest BCUT2D eigenvalue weighted by Crippen LogP contribution is 2.27. The number of aliphatic hydroxyl groups is 2. The van der Waals surface area contributed by atoms with Gasteiger partial charge in [-0.2, -0.15) is 0 Å². The summed E-state index contributed by atoms with van der Waals surface area (Å²) in [6.45, 7) is 9.15. The van der Waals surface area contributed by atoms with Gasteiger partial charge in [-0.3, -0.25) is 4.57 Å². The van der Waals surface area contributed by atoms with Gasteiger partial charge in [0.1, 0.15) is 0 Å². The Morgan fingerprint density at radius 3 is 1.03 bits per heavy atom. The van der Waals surface area contributed by atoms with Gasteiger partial charge in [-0.25, -0.2) is 0 Å². The van der Waals surface area contributed by atoms with Gasteiger partial charge in [-0.15, -0.1) is 0 Å². The van der Waals surface area contributed by atoms with Crippen molar-refractivity contribution in [2.75, 3.05) is 13.2 Å². The first kappa shape index (κ1) is 39.0. The normalized spacial score (nSPS) is 15.1. The number of aliphatic hydroxyl groups excluding tert-OH is 2. The van der Waals surface area contributed by atoms with Crippen LogP contribution in [0.5, 0.6) is 0 Å². The van der Waals surface area contributed by atoms with Crippen molar-refractivity contribution in [3.63, 3.8) is 0 Å². The molecule has 0 saturated heterocycles. The second kappa shape index (κ2) is 24.6. The number of hydrogen-bond donors (Lipinski definition) is 2. The molecule has 0 aliphatic rings. The van der Waals surface area contributed by atoms with E-state index in [0.29, 0.717) is 13.2 Å². The van der Waals surface area contributed by atoms with Gasteiger partial charge < -0.3 is 19.3 Å². The predicted octanol–water partition coefficient (Wildman–Crippen LogP) is 10.3. The number of halogens is 2. The molecule has 38 heavy (non-hydrogen) atoms. The van der Waals surface area contributed by atoms with Gasteiger partial charge in [0.05, 0.1) is 25.4 Å². The van der Waals surface area contributed by atoms with E-state index in [0.717, 1.165) is 51.4 Å². The summed E-state index contributed by atoms with van der Waals surface area (Å²) in [7, 11) is -2.33. The summed E-state index contributed by atoms with van der Waals surface area (Å²) >= 11 is 7.06. The lowest BCUT2D eigenvalue weighted by atomic mass is 9.99. The summed E-state index contributed by atoms with van der Waals surface area (Å²) in [6.07, 6.45) is 22.5. The predicted molar refractivity (Wildman–Crippen MR) is 171 cm³/mol. The van der Waals surface area contributed by atoms with E-state index < -0.39 is 8.25 Å². The van der Waals surface area contributed by atoms with Crippen molar-refractivity contribution < 1.29 is 23.8 Å². The van der Waals surface area contributed by atoms with E-state index in [1.807, 2.05) is 27.7 Å². The summed E-state index contributed by atoms with van der Waals surface area (Å²) in [4.78, 5) is 0. The zero-order chi connectivity index (χ0) is 28.7. The van der Waals surface area contributed by atoms with E-state index in [9.17, 15) is 14.8 Å². The Hall–Kier alpha value is 1.03. The van der Waals surface area contributed by atoms with E-state index in [-0.39, 0.29) is 20.9 Å². The molecule has 2 unspecified atom stereocenters. The number of unbranched alkanes of at least 4 members (excludes halogenated alkanes) is 16.